The topological polar surface area (TPSA) is 15.3 Å². The van der Waals surface area contributed by atoms with E-state index in [1.54, 1.807) is 0 Å². The number of nitrogens with zero attached hydrogens (tertiary/aromatic N) is 1. The third kappa shape index (κ3) is 6.57. The van der Waals surface area contributed by atoms with Crippen molar-refractivity contribution in [1.82, 2.24) is 8.88 Å². The van der Waals surface area contributed by atoms with Gasteiger partial charge in [-0.25, -0.2) is 0 Å². The van der Waals surface area contributed by atoms with E-state index in [0.29, 0.717) is 6.04 Å². The summed E-state index contributed by atoms with van der Waals surface area (Å²) < 4.78 is 2.53. The Balaban J connectivity index is 2.93. The molecule has 0 aliphatic carbocycles. The first kappa shape index (κ1) is 8.57. The van der Waals surface area contributed by atoms with Gasteiger partial charge in [-0.05, 0) is 6.04 Å². The van der Waals surface area contributed by atoms with E-state index in [1.165, 1.54) is 20.8 Å². The van der Waals surface area contributed by atoms with Crippen molar-refractivity contribution in [3.05, 3.63) is 0 Å². The Hall–Kier alpha value is 0.571. The molecule has 0 rings (SSSR count). The molecule has 0 fully saturated rings. The van der Waals surface area contributed by atoms with Gasteiger partial charge in [-0.1, -0.05) is 13.8 Å². The van der Waals surface area contributed by atoms with Crippen molar-refractivity contribution < 1.29 is 0 Å². The van der Waals surface area contributed by atoms with Crippen molar-refractivity contribution in [2.45, 2.75) is 19.9 Å². The summed E-state index contributed by atoms with van der Waals surface area (Å²) in [6.07, 6.45) is 0. The van der Waals surface area contributed by atoms with Crippen LogP contribution in [0.1, 0.15) is 13.8 Å². The van der Waals surface area contributed by atoms with Gasteiger partial charge in [-0.3, -0.25) is 0 Å². The monoisotopic (exact) mass is 164 g/mol. The summed E-state index contributed by atoms with van der Waals surface area (Å²) >= 11 is 0. The standard InChI is InChI=1S/C3H16N2Si3/c1-3(2)4-8-5(6)7/h3-4H,8H2,1-2,6-7H3. The van der Waals surface area contributed by atoms with E-state index in [0.717, 1.165) is 0 Å². The lowest BCUT2D eigenvalue weighted by molar-refractivity contribution is 0.737. The summed E-state index contributed by atoms with van der Waals surface area (Å²) in [5.41, 5.74) is 0. The number of rotatable bonds is 3. The van der Waals surface area contributed by atoms with Crippen LogP contribution < -0.4 is 4.98 Å². The minimum atomic E-state index is 0.00540. The van der Waals surface area contributed by atoms with Crippen LogP contribution in [0.3, 0.4) is 0 Å². The first-order valence-electron chi connectivity index (χ1n) is 3.01. The molecule has 2 nitrogen and oxygen atoms in total. The molecule has 0 aromatic carbocycles. The third-order valence-corrected chi connectivity index (χ3v) is 4.34. The third-order valence-electron chi connectivity index (χ3n) is 0.816. The zero-order chi connectivity index (χ0) is 6.57. The van der Waals surface area contributed by atoms with Crippen LogP contribution in [0.5, 0.6) is 0 Å². The molecule has 0 aromatic rings. The van der Waals surface area contributed by atoms with Gasteiger partial charge in [0.2, 0.25) is 0 Å². The van der Waals surface area contributed by atoms with Crippen LogP contribution in [-0.4, -0.2) is 40.6 Å². The number of nitrogens with one attached hydrogen (secondary N) is 1. The van der Waals surface area contributed by atoms with Crippen LogP contribution in [-0.2, 0) is 0 Å². The molecule has 0 amide bonds. The van der Waals surface area contributed by atoms with Crippen molar-refractivity contribution >= 4 is 30.7 Å². The Morgan fingerprint density at radius 1 is 1.50 bits per heavy atom. The quantitative estimate of drug-likeness (QED) is 0.443. The molecule has 0 heterocycles. The Kier molecular flexibility index (Phi) is 4.77. The lowest BCUT2D eigenvalue weighted by Crippen LogP contribution is -2.38. The van der Waals surface area contributed by atoms with Crippen LogP contribution in [0, 0.1) is 0 Å². The fourth-order valence-corrected chi connectivity index (χ4v) is 2.19. The summed E-state index contributed by atoms with van der Waals surface area (Å²) in [7, 11) is 2.54. The second-order valence-corrected chi connectivity index (χ2v) is 12.0. The predicted molar refractivity (Wildman–Crippen MR) is 48.5 cm³/mol. The molecule has 0 aliphatic rings. The van der Waals surface area contributed by atoms with Gasteiger partial charge in [0, 0.05) is 0 Å². The first-order valence-corrected chi connectivity index (χ1v) is 6.14. The van der Waals surface area contributed by atoms with Gasteiger partial charge in [0.25, 0.3) is 0 Å². The highest BCUT2D eigenvalue weighted by atomic mass is 28.3. The van der Waals surface area contributed by atoms with Gasteiger partial charge in [0.05, 0.1) is 20.8 Å². The van der Waals surface area contributed by atoms with Crippen molar-refractivity contribution in [3.63, 3.8) is 0 Å². The van der Waals surface area contributed by atoms with Gasteiger partial charge in [-0.15, -0.1) is 0 Å². The Labute approximate surface area is 60.0 Å². The maximum absolute atomic E-state index is 3.48. The zero-order valence-corrected chi connectivity index (χ0v) is 11.6. The van der Waals surface area contributed by atoms with Crippen LogP contribution in [0.15, 0.2) is 0 Å². The second kappa shape index (κ2) is 4.45. The van der Waals surface area contributed by atoms with Crippen molar-refractivity contribution in [1.29, 1.82) is 0 Å². The van der Waals surface area contributed by atoms with E-state index in [1.807, 2.05) is 0 Å². The molecule has 5 heteroatoms. The first-order chi connectivity index (χ1) is 3.63. The van der Waals surface area contributed by atoms with Gasteiger partial charge in [-0.2, -0.15) is 0 Å². The lowest BCUT2D eigenvalue weighted by Gasteiger charge is -2.12. The predicted octanol–water partition coefficient (Wildman–Crippen LogP) is -3.15. The largest absolute Gasteiger partial charge is 0.376 e. The highest BCUT2D eigenvalue weighted by Gasteiger charge is 1.91. The minimum Gasteiger partial charge on any atom is -0.376 e. The second-order valence-electron chi connectivity index (χ2n) is 2.60. The molecule has 0 bridgehead atoms. The Morgan fingerprint density at radius 2 is 2.00 bits per heavy atom. The fraction of sp³-hybridized carbons (Fsp3) is 1.00. The Bertz CT molecular complexity index is 48.5. The van der Waals surface area contributed by atoms with E-state index < -0.39 is 0 Å². The molecule has 1 N–H and O–H groups in total. The van der Waals surface area contributed by atoms with Gasteiger partial charge < -0.3 is 8.88 Å². The molecule has 0 spiro atoms. The molecule has 0 radical (unpaired) electrons. The van der Waals surface area contributed by atoms with Crippen molar-refractivity contribution in [2.75, 3.05) is 0 Å². The normalized spacial score (nSPS) is 13.5. The molecule has 0 saturated heterocycles. The highest BCUT2D eigenvalue weighted by molar-refractivity contribution is 6.51. The van der Waals surface area contributed by atoms with Crippen molar-refractivity contribution in [2.24, 2.45) is 0 Å². The maximum Gasteiger partial charge on any atom is 0.156 e. The van der Waals surface area contributed by atoms with Gasteiger partial charge >= 0.3 is 0 Å². The minimum absolute atomic E-state index is 0.00540. The summed E-state index contributed by atoms with van der Waals surface area (Å²) in [5, 5.41) is 0. The fourth-order valence-electron chi connectivity index (χ4n) is 0.365. The summed E-state index contributed by atoms with van der Waals surface area (Å²) in [6, 6.07) is 0.701. The van der Waals surface area contributed by atoms with E-state index in [9.17, 15) is 0 Å². The molecular weight excluding hydrogens is 148 g/mol. The lowest BCUT2D eigenvalue weighted by atomic mass is 10.4. The van der Waals surface area contributed by atoms with Crippen LogP contribution in [0.25, 0.3) is 0 Å². The Morgan fingerprint density at radius 3 is 2.12 bits per heavy atom. The molecule has 0 atom stereocenters. The summed E-state index contributed by atoms with van der Waals surface area (Å²) in [6.45, 7) is 4.42. The molecule has 8 heavy (non-hydrogen) atoms. The average Bonchev–Trinajstić information content (AvgIpc) is 1.61. The van der Waals surface area contributed by atoms with E-state index in [-0.39, 0.29) is 9.84 Å². The van der Waals surface area contributed by atoms with Crippen LogP contribution in [0.2, 0.25) is 0 Å². The SMILES string of the molecule is CC(C)N[SiH2]N([SiH3])[SiH3]. The number of hydrogen-bond donors (Lipinski definition) is 1. The van der Waals surface area contributed by atoms with E-state index >= 15 is 0 Å². The average molecular weight is 164 g/mol. The summed E-state index contributed by atoms with van der Waals surface area (Å²) in [5.74, 6) is 0. The zero-order valence-electron chi connectivity index (χ0n) is 6.23. The van der Waals surface area contributed by atoms with Crippen LogP contribution >= 0.6 is 0 Å². The summed E-state index contributed by atoms with van der Waals surface area (Å²) in [4.78, 5) is 3.48. The smallest absolute Gasteiger partial charge is 0.156 e. The molecule has 0 aromatic heterocycles. The van der Waals surface area contributed by atoms with E-state index in [2.05, 4.69) is 22.7 Å². The van der Waals surface area contributed by atoms with E-state index in [4.69, 9.17) is 0 Å². The molecule has 0 unspecified atom stereocenters. The highest BCUT2D eigenvalue weighted by Crippen LogP contribution is 1.72. The molecule has 50 valence electrons. The molecular formula is C3H16N2Si3. The molecule has 0 saturated carbocycles. The maximum atomic E-state index is 3.48. The van der Waals surface area contributed by atoms with Crippen molar-refractivity contribution in [3.8, 4) is 0 Å². The molecule has 0 aliphatic heterocycles. The number of hydrogen-bond acceptors (Lipinski definition) is 2. The van der Waals surface area contributed by atoms with Gasteiger partial charge in [0.1, 0.15) is 0 Å². The van der Waals surface area contributed by atoms with Gasteiger partial charge in [0.15, 0.2) is 9.84 Å². The van der Waals surface area contributed by atoms with Crippen LogP contribution in [0.4, 0.5) is 0 Å².